The summed E-state index contributed by atoms with van der Waals surface area (Å²) in [4.78, 5) is 0. The van der Waals surface area contributed by atoms with E-state index >= 15 is 0 Å². The Morgan fingerprint density at radius 1 is 1.00 bits per heavy atom. The Bertz CT molecular complexity index is 118. The topological polar surface area (TPSA) is 0 Å². The normalized spacial score (nSPS) is 15.9. The number of alkyl halides is 1. The van der Waals surface area contributed by atoms with Gasteiger partial charge in [-0.2, -0.15) is 0 Å². The van der Waals surface area contributed by atoms with E-state index in [1.807, 2.05) is 0 Å². The second-order valence-electron chi connectivity index (χ2n) is 5.00. The van der Waals surface area contributed by atoms with E-state index in [0.29, 0.717) is 5.92 Å². The van der Waals surface area contributed by atoms with Crippen molar-refractivity contribution in [3.8, 4) is 0 Å². The summed E-state index contributed by atoms with van der Waals surface area (Å²) in [5.74, 6) is 1.38. The van der Waals surface area contributed by atoms with Crippen LogP contribution in [-0.2, 0) is 0 Å². The molecule has 0 nitrogen and oxygen atoms in total. The van der Waals surface area contributed by atoms with Gasteiger partial charge in [0.05, 0.1) is 6.17 Å². The fourth-order valence-corrected chi connectivity index (χ4v) is 1.90. The molecule has 0 aromatic rings. The van der Waals surface area contributed by atoms with Gasteiger partial charge in [0.25, 0.3) is 0 Å². The first kappa shape index (κ1) is 13.9. The molecule has 0 bridgehead atoms. The first-order valence-electron chi connectivity index (χ1n) is 6.20. The molecule has 0 saturated heterocycles. The standard InChI is InChI=1S/C13H27F/c1-5-6-7-13(10-12(4)14)9-8-11(2)3/h11-13H,5-10H2,1-4H3. The molecular formula is C13H27F. The van der Waals surface area contributed by atoms with Crippen molar-refractivity contribution in [1.29, 1.82) is 0 Å². The summed E-state index contributed by atoms with van der Waals surface area (Å²) in [5, 5.41) is 0. The van der Waals surface area contributed by atoms with Crippen molar-refractivity contribution in [2.45, 2.75) is 72.4 Å². The van der Waals surface area contributed by atoms with Gasteiger partial charge in [-0.15, -0.1) is 0 Å². The Morgan fingerprint density at radius 2 is 1.64 bits per heavy atom. The van der Waals surface area contributed by atoms with Crippen molar-refractivity contribution >= 4 is 0 Å². The molecule has 86 valence electrons. The van der Waals surface area contributed by atoms with Gasteiger partial charge in [-0.25, -0.2) is 4.39 Å². The van der Waals surface area contributed by atoms with Gasteiger partial charge in [-0.1, -0.05) is 52.9 Å². The SMILES string of the molecule is CCCCC(CCC(C)C)CC(C)F. The predicted octanol–water partition coefficient (Wildman–Crippen LogP) is 4.98. The van der Waals surface area contributed by atoms with Gasteiger partial charge < -0.3 is 0 Å². The maximum Gasteiger partial charge on any atom is 0.0976 e. The third-order valence-electron chi connectivity index (χ3n) is 2.78. The second-order valence-corrected chi connectivity index (χ2v) is 5.00. The van der Waals surface area contributed by atoms with E-state index in [1.165, 1.54) is 32.1 Å². The van der Waals surface area contributed by atoms with Gasteiger partial charge in [0.2, 0.25) is 0 Å². The Kier molecular flexibility index (Phi) is 8.21. The monoisotopic (exact) mass is 202 g/mol. The predicted molar refractivity (Wildman–Crippen MR) is 62.3 cm³/mol. The molecule has 14 heavy (non-hydrogen) atoms. The van der Waals surface area contributed by atoms with Crippen LogP contribution >= 0.6 is 0 Å². The van der Waals surface area contributed by atoms with Crippen molar-refractivity contribution in [2.24, 2.45) is 11.8 Å². The number of unbranched alkanes of at least 4 members (excludes halogenated alkanes) is 1. The van der Waals surface area contributed by atoms with Gasteiger partial charge in [0.1, 0.15) is 0 Å². The van der Waals surface area contributed by atoms with Crippen LogP contribution in [0.1, 0.15) is 66.2 Å². The van der Waals surface area contributed by atoms with Gasteiger partial charge in [0, 0.05) is 0 Å². The fraction of sp³-hybridized carbons (Fsp3) is 1.00. The van der Waals surface area contributed by atoms with Gasteiger partial charge >= 0.3 is 0 Å². The zero-order valence-electron chi connectivity index (χ0n) is 10.4. The fourth-order valence-electron chi connectivity index (χ4n) is 1.90. The molecule has 0 aliphatic carbocycles. The molecule has 2 unspecified atom stereocenters. The zero-order valence-corrected chi connectivity index (χ0v) is 10.4. The molecule has 0 saturated carbocycles. The van der Waals surface area contributed by atoms with E-state index in [1.54, 1.807) is 6.92 Å². The molecule has 0 aromatic carbocycles. The number of hydrogen-bond acceptors (Lipinski definition) is 0. The maximum atomic E-state index is 12.9. The summed E-state index contributed by atoms with van der Waals surface area (Å²) < 4.78 is 12.9. The molecular weight excluding hydrogens is 175 g/mol. The number of halogens is 1. The molecule has 0 amide bonds. The van der Waals surface area contributed by atoms with Gasteiger partial charge in [-0.05, 0) is 25.2 Å². The van der Waals surface area contributed by atoms with Crippen LogP contribution < -0.4 is 0 Å². The summed E-state index contributed by atoms with van der Waals surface area (Å²) in [5.41, 5.74) is 0. The van der Waals surface area contributed by atoms with Crippen molar-refractivity contribution < 1.29 is 4.39 Å². The van der Waals surface area contributed by atoms with E-state index < -0.39 is 6.17 Å². The Balaban J connectivity index is 3.72. The van der Waals surface area contributed by atoms with Crippen LogP contribution in [0.2, 0.25) is 0 Å². The lowest BCUT2D eigenvalue weighted by atomic mass is 9.89. The van der Waals surface area contributed by atoms with E-state index in [9.17, 15) is 4.39 Å². The summed E-state index contributed by atoms with van der Waals surface area (Å²) >= 11 is 0. The van der Waals surface area contributed by atoms with Crippen molar-refractivity contribution in [1.82, 2.24) is 0 Å². The van der Waals surface area contributed by atoms with Crippen molar-refractivity contribution in [3.63, 3.8) is 0 Å². The first-order valence-corrected chi connectivity index (χ1v) is 6.20. The minimum atomic E-state index is -0.621. The van der Waals surface area contributed by atoms with Gasteiger partial charge in [-0.3, -0.25) is 0 Å². The molecule has 0 spiro atoms. The van der Waals surface area contributed by atoms with E-state index in [0.717, 1.165) is 12.3 Å². The number of hydrogen-bond donors (Lipinski definition) is 0. The zero-order chi connectivity index (χ0) is 11.0. The lowest BCUT2D eigenvalue weighted by molar-refractivity contribution is 0.258. The van der Waals surface area contributed by atoms with Crippen molar-refractivity contribution in [2.75, 3.05) is 0 Å². The quantitative estimate of drug-likeness (QED) is 0.521. The third-order valence-corrected chi connectivity index (χ3v) is 2.78. The molecule has 2 atom stereocenters. The lowest BCUT2D eigenvalue weighted by Gasteiger charge is -2.18. The number of rotatable bonds is 8. The lowest BCUT2D eigenvalue weighted by Crippen LogP contribution is -2.08. The van der Waals surface area contributed by atoms with Crippen LogP contribution in [0.15, 0.2) is 0 Å². The van der Waals surface area contributed by atoms with Crippen LogP contribution in [0.4, 0.5) is 4.39 Å². The van der Waals surface area contributed by atoms with Crippen LogP contribution in [-0.4, -0.2) is 6.17 Å². The van der Waals surface area contributed by atoms with Crippen LogP contribution in [0, 0.1) is 11.8 Å². The molecule has 0 aliphatic rings. The molecule has 0 radical (unpaired) electrons. The Labute approximate surface area is 89.3 Å². The maximum absolute atomic E-state index is 12.9. The molecule has 0 aliphatic heterocycles. The second kappa shape index (κ2) is 8.26. The Morgan fingerprint density at radius 3 is 2.07 bits per heavy atom. The highest BCUT2D eigenvalue weighted by atomic mass is 19.1. The summed E-state index contributed by atoms with van der Waals surface area (Å²) in [6.07, 6.45) is 6.33. The highest BCUT2D eigenvalue weighted by Crippen LogP contribution is 2.23. The van der Waals surface area contributed by atoms with Gasteiger partial charge in [0.15, 0.2) is 0 Å². The molecule has 0 aromatic heterocycles. The minimum Gasteiger partial charge on any atom is -0.248 e. The Hall–Kier alpha value is -0.0700. The van der Waals surface area contributed by atoms with E-state index in [4.69, 9.17) is 0 Å². The van der Waals surface area contributed by atoms with Crippen LogP contribution in [0.3, 0.4) is 0 Å². The highest BCUT2D eigenvalue weighted by Gasteiger charge is 2.12. The van der Waals surface area contributed by atoms with Crippen LogP contribution in [0.5, 0.6) is 0 Å². The van der Waals surface area contributed by atoms with E-state index in [2.05, 4.69) is 20.8 Å². The average Bonchev–Trinajstić information content (AvgIpc) is 2.09. The summed E-state index contributed by atoms with van der Waals surface area (Å²) in [7, 11) is 0. The molecule has 1 heteroatoms. The molecule has 0 N–H and O–H groups in total. The largest absolute Gasteiger partial charge is 0.248 e. The minimum absolute atomic E-state index is 0.621. The first-order chi connectivity index (χ1) is 6.56. The average molecular weight is 202 g/mol. The molecule has 0 heterocycles. The van der Waals surface area contributed by atoms with Crippen LogP contribution in [0.25, 0.3) is 0 Å². The highest BCUT2D eigenvalue weighted by molar-refractivity contribution is 4.64. The van der Waals surface area contributed by atoms with Crippen molar-refractivity contribution in [3.05, 3.63) is 0 Å². The summed E-state index contributed by atoms with van der Waals surface area (Å²) in [6.45, 7) is 8.39. The molecule has 0 fully saturated rings. The third kappa shape index (κ3) is 8.52. The van der Waals surface area contributed by atoms with E-state index in [-0.39, 0.29) is 0 Å². The smallest absolute Gasteiger partial charge is 0.0976 e. The summed E-state index contributed by atoms with van der Waals surface area (Å²) in [6, 6.07) is 0. The molecule has 0 rings (SSSR count).